The molecule has 0 spiro atoms. The molecule has 33 heavy (non-hydrogen) atoms. The van der Waals surface area contributed by atoms with E-state index in [-0.39, 0.29) is 22.7 Å². The summed E-state index contributed by atoms with van der Waals surface area (Å²) < 4.78 is 15.1. The maximum absolute atomic E-state index is 13.3. The summed E-state index contributed by atoms with van der Waals surface area (Å²) in [7, 11) is 0. The topological polar surface area (TPSA) is 79.3 Å². The fourth-order valence-corrected chi connectivity index (χ4v) is 4.27. The Kier molecular flexibility index (Phi) is 6.83. The number of piperidine rings is 1. The number of amides is 2. The highest BCUT2D eigenvalue weighted by Crippen LogP contribution is 2.21. The molecule has 2 aromatic carbocycles. The maximum atomic E-state index is 13.3. The van der Waals surface area contributed by atoms with Crippen LogP contribution < -0.4 is 21.1 Å². The molecule has 2 heterocycles. The molecule has 2 amide bonds. The van der Waals surface area contributed by atoms with Crippen LogP contribution in [0.25, 0.3) is 11.0 Å². The molecule has 0 bridgehead atoms. The first-order valence-corrected chi connectivity index (χ1v) is 11.5. The van der Waals surface area contributed by atoms with Gasteiger partial charge in [-0.2, -0.15) is 0 Å². The first kappa shape index (κ1) is 23.0. The lowest BCUT2D eigenvalue weighted by atomic mass is 10.1. The van der Waals surface area contributed by atoms with Crippen molar-refractivity contribution in [3.05, 3.63) is 63.7 Å². The Hall–Kier alpha value is -3.13. The predicted molar refractivity (Wildman–Crippen MR) is 130 cm³/mol. The molecule has 0 unspecified atom stereocenters. The second-order valence-corrected chi connectivity index (χ2v) is 9.13. The zero-order valence-corrected chi connectivity index (χ0v) is 19.4. The quantitative estimate of drug-likeness (QED) is 0.568. The van der Waals surface area contributed by atoms with Crippen molar-refractivity contribution >= 4 is 40.2 Å². The number of nitrogens with zero attached hydrogens (tertiary/aromatic N) is 3. The molecule has 0 atom stereocenters. The van der Waals surface area contributed by atoms with Gasteiger partial charge in [-0.25, -0.2) is 14.2 Å². The summed E-state index contributed by atoms with van der Waals surface area (Å²) in [6.45, 7) is 6.01. The molecule has 1 aliphatic rings. The van der Waals surface area contributed by atoms with E-state index in [1.807, 2.05) is 33.7 Å². The number of hydrogen-bond acceptors (Lipinski definition) is 4. The van der Waals surface area contributed by atoms with Crippen LogP contribution in [0.3, 0.4) is 0 Å². The van der Waals surface area contributed by atoms with E-state index in [1.54, 1.807) is 0 Å². The summed E-state index contributed by atoms with van der Waals surface area (Å²) in [5.41, 5.74) is 1.97. The zero-order chi connectivity index (χ0) is 23.5. The lowest BCUT2D eigenvalue weighted by Crippen LogP contribution is -2.47. The van der Waals surface area contributed by atoms with Gasteiger partial charge in [0.25, 0.3) is 5.56 Å². The molecule has 1 aliphatic heterocycles. The number of para-hydroxylation sites is 2. The minimum absolute atomic E-state index is 0.0458. The van der Waals surface area contributed by atoms with Crippen LogP contribution in [0.2, 0.25) is 5.02 Å². The third kappa shape index (κ3) is 5.27. The number of carbonyl (C=O) groups is 1. The first-order chi connectivity index (χ1) is 15.8. The Morgan fingerprint density at radius 3 is 2.64 bits per heavy atom. The van der Waals surface area contributed by atoms with E-state index in [1.165, 1.54) is 18.2 Å². The Balaban J connectivity index is 1.43. The van der Waals surface area contributed by atoms with Crippen LogP contribution in [0, 0.1) is 11.7 Å². The van der Waals surface area contributed by atoms with Gasteiger partial charge in [-0.15, -0.1) is 0 Å². The summed E-state index contributed by atoms with van der Waals surface area (Å²) in [6, 6.07) is 11.3. The molecular formula is C24H27ClFN5O2. The molecule has 7 nitrogen and oxygen atoms in total. The average molecular weight is 472 g/mol. The van der Waals surface area contributed by atoms with Gasteiger partial charge in [-0.1, -0.05) is 37.6 Å². The van der Waals surface area contributed by atoms with Crippen molar-refractivity contribution < 1.29 is 9.18 Å². The SMILES string of the molecule is CC(C)Cn1c(=O)c(N2CCC(NC(=O)Nc3ccc(F)c(Cl)c3)CC2)nc2ccccc21. The number of nitrogens with one attached hydrogen (secondary N) is 2. The van der Waals surface area contributed by atoms with Crippen LogP contribution in [0.1, 0.15) is 26.7 Å². The van der Waals surface area contributed by atoms with E-state index >= 15 is 0 Å². The van der Waals surface area contributed by atoms with Crippen LogP contribution in [-0.4, -0.2) is 34.7 Å². The van der Waals surface area contributed by atoms with Crippen molar-refractivity contribution in [2.75, 3.05) is 23.3 Å². The highest BCUT2D eigenvalue weighted by Gasteiger charge is 2.25. The standard InChI is InChI=1S/C24H27ClFN5O2/c1-15(2)14-31-21-6-4-3-5-20(21)29-22(23(31)32)30-11-9-16(10-12-30)27-24(33)28-17-7-8-19(26)18(25)13-17/h3-8,13,15-16H,9-12,14H2,1-2H3,(H2,27,28,33). The van der Waals surface area contributed by atoms with Crippen molar-refractivity contribution in [3.8, 4) is 0 Å². The predicted octanol–water partition coefficient (Wildman–Crippen LogP) is 4.64. The molecular weight excluding hydrogens is 445 g/mol. The van der Waals surface area contributed by atoms with E-state index in [2.05, 4.69) is 29.5 Å². The summed E-state index contributed by atoms with van der Waals surface area (Å²) in [5, 5.41) is 5.56. The van der Waals surface area contributed by atoms with Gasteiger partial charge in [0, 0.05) is 31.4 Å². The lowest BCUT2D eigenvalue weighted by Gasteiger charge is -2.33. The largest absolute Gasteiger partial charge is 0.352 e. The van der Waals surface area contributed by atoms with Crippen molar-refractivity contribution in [2.24, 2.45) is 5.92 Å². The highest BCUT2D eigenvalue weighted by molar-refractivity contribution is 6.31. The van der Waals surface area contributed by atoms with E-state index < -0.39 is 5.82 Å². The number of fused-ring (bicyclic) bond motifs is 1. The van der Waals surface area contributed by atoms with E-state index in [4.69, 9.17) is 11.6 Å². The summed E-state index contributed by atoms with van der Waals surface area (Å²) in [5.74, 6) is 0.244. The Morgan fingerprint density at radius 1 is 1.21 bits per heavy atom. The molecule has 1 fully saturated rings. The fourth-order valence-electron chi connectivity index (χ4n) is 4.09. The number of aromatic nitrogens is 2. The smallest absolute Gasteiger partial charge is 0.319 e. The van der Waals surface area contributed by atoms with Gasteiger partial charge in [0.15, 0.2) is 5.82 Å². The van der Waals surface area contributed by atoms with Gasteiger partial charge in [-0.3, -0.25) is 4.79 Å². The van der Waals surface area contributed by atoms with Gasteiger partial charge in [0.1, 0.15) is 5.82 Å². The number of halogens is 2. The summed E-state index contributed by atoms with van der Waals surface area (Å²) >= 11 is 5.77. The number of carbonyl (C=O) groups excluding carboxylic acids is 1. The van der Waals surface area contributed by atoms with Gasteiger partial charge in [0.05, 0.1) is 16.1 Å². The lowest BCUT2D eigenvalue weighted by molar-refractivity contribution is 0.246. The number of benzene rings is 2. The van der Waals surface area contributed by atoms with Gasteiger partial charge >= 0.3 is 6.03 Å². The molecule has 1 saturated heterocycles. The average Bonchev–Trinajstić information content (AvgIpc) is 2.78. The highest BCUT2D eigenvalue weighted by atomic mass is 35.5. The Bertz CT molecular complexity index is 1220. The molecule has 9 heteroatoms. The van der Waals surface area contributed by atoms with Crippen LogP contribution in [-0.2, 0) is 6.54 Å². The molecule has 0 aliphatic carbocycles. The zero-order valence-electron chi connectivity index (χ0n) is 18.6. The van der Waals surface area contributed by atoms with Crippen LogP contribution in [0.4, 0.5) is 20.7 Å². The van der Waals surface area contributed by atoms with E-state index in [9.17, 15) is 14.0 Å². The summed E-state index contributed by atoms with van der Waals surface area (Å²) in [4.78, 5) is 32.3. The molecule has 174 valence electrons. The van der Waals surface area contributed by atoms with Crippen LogP contribution in [0.15, 0.2) is 47.3 Å². The maximum Gasteiger partial charge on any atom is 0.319 e. The molecule has 0 saturated carbocycles. The fraction of sp³-hybridized carbons (Fsp3) is 0.375. The van der Waals surface area contributed by atoms with Gasteiger partial charge < -0.3 is 20.1 Å². The molecule has 1 aromatic heterocycles. The molecule has 2 N–H and O–H groups in total. The first-order valence-electron chi connectivity index (χ1n) is 11.1. The summed E-state index contributed by atoms with van der Waals surface area (Å²) in [6.07, 6.45) is 1.35. The van der Waals surface area contributed by atoms with Crippen molar-refractivity contribution in [3.63, 3.8) is 0 Å². The number of anilines is 2. The number of urea groups is 1. The van der Waals surface area contributed by atoms with Crippen molar-refractivity contribution in [2.45, 2.75) is 39.3 Å². The third-order valence-corrected chi connectivity index (χ3v) is 5.98. The van der Waals surface area contributed by atoms with Crippen molar-refractivity contribution in [1.82, 2.24) is 14.9 Å². The van der Waals surface area contributed by atoms with Crippen LogP contribution in [0.5, 0.6) is 0 Å². The van der Waals surface area contributed by atoms with E-state index in [0.717, 1.165) is 11.0 Å². The number of hydrogen-bond donors (Lipinski definition) is 2. The monoisotopic (exact) mass is 471 g/mol. The van der Waals surface area contributed by atoms with E-state index in [0.29, 0.717) is 49.9 Å². The molecule has 3 aromatic rings. The van der Waals surface area contributed by atoms with Crippen LogP contribution >= 0.6 is 11.6 Å². The molecule has 4 rings (SSSR count). The Labute approximate surface area is 196 Å². The third-order valence-electron chi connectivity index (χ3n) is 5.69. The van der Waals surface area contributed by atoms with Gasteiger partial charge in [-0.05, 0) is 49.1 Å². The minimum Gasteiger partial charge on any atom is -0.352 e. The molecule has 0 radical (unpaired) electrons. The van der Waals surface area contributed by atoms with Gasteiger partial charge in [0.2, 0.25) is 0 Å². The second kappa shape index (κ2) is 9.79. The second-order valence-electron chi connectivity index (χ2n) is 8.72. The number of rotatable bonds is 5. The van der Waals surface area contributed by atoms with Crippen molar-refractivity contribution in [1.29, 1.82) is 0 Å². The minimum atomic E-state index is -0.537. The Morgan fingerprint density at radius 2 is 1.94 bits per heavy atom. The normalized spacial score (nSPS) is 14.6.